The quantitative estimate of drug-likeness (QED) is 0.605. The van der Waals surface area contributed by atoms with Crippen molar-refractivity contribution in [1.29, 1.82) is 0 Å². The van der Waals surface area contributed by atoms with Gasteiger partial charge in [-0.3, -0.25) is 4.79 Å². The van der Waals surface area contributed by atoms with Crippen molar-refractivity contribution in [2.45, 2.75) is 58.7 Å². The molecule has 0 amide bonds. The van der Waals surface area contributed by atoms with Gasteiger partial charge in [-0.2, -0.15) is 0 Å². The van der Waals surface area contributed by atoms with E-state index in [1.165, 1.54) is 18.4 Å². The number of aromatic nitrogens is 1. The van der Waals surface area contributed by atoms with Crippen LogP contribution in [0.25, 0.3) is 10.9 Å². The lowest BCUT2D eigenvalue weighted by molar-refractivity contribution is 0.301. The number of hydrogen-bond donors (Lipinski definition) is 2. The van der Waals surface area contributed by atoms with E-state index in [4.69, 9.17) is 16.6 Å². The molecule has 2 aromatic heterocycles. The number of hydrogen-bond acceptors (Lipinski definition) is 3. The Hall–Kier alpha value is -2.60. The number of pyridine rings is 1. The number of aromatic amines is 1. The van der Waals surface area contributed by atoms with E-state index in [0.29, 0.717) is 24.2 Å². The van der Waals surface area contributed by atoms with Crippen molar-refractivity contribution < 1.29 is 4.42 Å². The molecule has 1 aliphatic rings. The van der Waals surface area contributed by atoms with Crippen LogP contribution in [0.5, 0.6) is 0 Å². The van der Waals surface area contributed by atoms with Crippen molar-refractivity contribution in [1.82, 2.24) is 15.2 Å². The van der Waals surface area contributed by atoms with Gasteiger partial charge in [-0.1, -0.05) is 24.5 Å². The van der Waals surface area contributed by atoms with Gasteiger partial charge in [-0.05, 0) is 74.1 Å². The number of rotatable bonds is 5. The third-order valence-electron chi connectivity index (χ3n) is 5.73. The summed E-state index contributed by atoms with van der Waals surface area (Å²) in [4.78, 5) is 18.1. The molecule has 0 unspecified atom stereocenters. The summed E-state index contributed by atoms with van der Waals surface area (Å²) < 4.78 is 5.40. The smallest absolute Gasteiger partial charge is 0.253 e. The molecule has 29 heavy (non-hydrogen) atoms. The predicted molar refractivity (Wildman–Crippen MR) is 120 cm³/mol. The summed E-state index contributed by atoms with van der Waals surface area (Å²) in [6.07, 6.45) is 6.27. The largest absolute Gasteiger partial charge is 0.467 e. The number of nitrogens with one attached hydrogen (secondary N) is 2. The first-order chi connectivity index (χ1) is 14.0. The van der Waals surface area contributed by atoms with E-state index in [1.54, 1.807) is 6.26 Å². The van der Waals surface area contributed by atoms with E-state index in [2.05, 4.69) is 34.3 Å². The van der Waals surface area contributed by atoms with Gasteiger partial charge >= 0.3 is 0 Å². The molecule has 2 N–H and O–H groups in total. The van der Waals surface area contributed by atoms with E-state index in [1.807, 2.05) is 25.1 Å². The van der Waals surface area contributed by atoms with Crippen molar-refractivity contribution >= 4 is 28.2 Å². The zero-order chi connectivity index (χ0) is 20.4. The Bertz CT molecular complexity index is 1070. The first-order valence-electron chi connectivity index (χ1n) is 10.2. The van der Waals surface area contributed by atoms with Crippen molar-refractivity contribution in [3.63, 3.8) is 0 Å². The van der Waals surface area contributed by atoms with Crippen molar-refractivity contribution in [3.8, 4) is 0 Å². The molecule has 0 aliphatic heterocycles. The van der Waals surface area contributed by atoms with E-state index in [-0.39, 0.29) is 5.56 Å². The first kappa shape index (κ1) is 19.7. The molecular formula is C23H27N3O2S. The van der Waals surface area contributed by atoms with Crippen molar-refractivity contribution in [3.05, 3.63) is 69.4 Å². The molecule has 3 aromatic rings. The van der Waals surface area contributed by atoms with Gasteiger partial charge in [0.1, 0.15) is 5.76 Å². The van der Waals surface area contributed by atoms with Crippen LogP contribution in [0.4, 0.5) is 0 Å². The highest BCUT2D eigenvalue weighted by molar-refractivity contribution is 7.80. The van der Waals surface area contributed by atoms with Crippen LogP contribution in [0.2, 0.25) is 0 Å². The summed E-state index contributed by atoms with van der Waals surface area (Å²) in [5, 5.41) is 5.05. The monoisotopic (exact) mass is 409 g/mol. The average molecular weight is 410 g/mol. The number of nitrogens with zero attached hydrogens (tertiary/aromatic N) is 1. The number of thiocarbonyl (C=S) groups is 1. The molecule has 1 aliphatic carbocycles. The molecule has 2 heterocycles. The summed E-state index contributed by atoms with van der Waals surface area (Å²) in [6, 6.07) is 10.4. The van der Waals surface area contributed by atoms with Gasteiger partial charge in [0.05, 0.1) is 24.9 Å². The van der Waals surface area contributed by atoms with Crippen molar-refractivity contribution in [2.75, 3.05) is 0 Å². The Morgan fingerprint density at radius 3 is 2.79 bits per heavy atom. The molecule has 6 heteroatoms. The van der Waals surface area contributed by atoms with Crippen molar-refractivity contribution in [2.24, 2.45) is 0 Å². The lowest BCUT2D eigenvalue weighted by Crippen LogP contribution is -2.45. The van der Waals surface area contributed by atoms with Crippen LogP contribution in [-0.2, 0) is 13.1 Å². The van der Waals surface area contributed by atoms with Crippen LogP contribution in [-0.4, -0.2) is 21.0 Å². The van der Waals surface area contributed by atoms with E-state index in [9.17, 15) is 4.79 Å². The maximum atomic E-state index is 12.8. The summed E-state index contributed by atoms with van der Waals surface area (Å²) >= 11 is 5.73. The van der Waals surface area contributed by atoms with Gasteiger partial charge in [0.15, 0.2) is 5.11 Å². The molecule has 4 rings (SSSR count). The Kier molecular flexibility index (Phi) is 5.72. The number of furan rings is 1. The Morgan fingerprint density at radius 1 is 1.28 bits per heavy atom. The molecule has 0 bridgehead atoms. The number of benzene rings is 1. The van der Waals surface area contributed by atoms with E-state index < -0.39 is 0 Å². The number of aryl methyl sites for hydroxylation is 2. The standard InChI is InChI=1S/C23H27N3O2S/c1-15-10-16(2)21-17(11-15)12-18(22(27)25-21)14-26(19-6-3-4-7-19)23(29)24-13-20-8-5-9-28-20/h5,8-12,19H,3-4,6-7,13-14H2,1-2H3,(H,24,29)(H,25,27). The van der Waals surface area contributed by atoms with Gasteiger partial charge in [0.25, 0.3) is 5.56 Å². The fourth-order valence-electron chi connectivity index (χ4n) is 4.29. The summed E-state index contributed by atoms with van der Waals surface area (Å²) in [5.41, 5.74) is 3.90. The Balaban J connectivity index is 1.60. The second-order valence-corrected chi connectivity index (χ2v) is 8.36. The molecule has 0 saturated heterocycles. The molecule has 1 saturated carbocycles. The molecule has 1 aromatic carbocycles. The first-order valence-corrected chi connectivity index (χ1v) is 10.6. The van der Waals surface area contributed by atoms with Crippen LogP contribution in [0.15, 0.2) is 45.8 Å². The molecule has 1 fully saturated rings. The Morgan fingerprint density at radius 2 is 2.07 bits per heavy atom. The maximum absolute atomic E-state index is 12.8. The van der Waals surface area contributed by atoms with Crippen LogP contribution in [0, 0.1) is 13.8 Å². The fraction of sp³-hybridized carbons (Fsp3) is 0.391. The lowest BCUT2D eigenvalue weighted by atomic mass is 10.0. The minimum Gasteiger partial charge on any atom is -0.467 e. The second kappa shape index (κ2) is 8.41. The van der Waals surface area contributed by atoms with Gasteiger partial charge in [-0.15, -0.1) is 0 Å². The van der Waals surface area contributed by atoms with Crippen LogP contribution in [0.3, 0.4) is 0 Å². The van der Waals surface area contributed by atoms with Gasteiger partial charge in [-0.25, -0.2) is 0 Å². The van der Waals surface area contributed by atoms with Gasteiger partial charge in [0.2, 0.25) is 0 Å². The molecule has 5 nitrogen and oxygen atoms in total. The zero-order valence-electron chi connectivity index (χ0n) is 17.0. The molecule has 0 atom stereocenters. The van der Waals surface area contributed by atoms with Crippen LogP contribution in [0.1, 0.15) is 48.1 Å². The fourth-order valence-corrected chi connectivity index (χ4v) is 4.58. The van der Waals surface area contributed by atoms with E-state index >= 15 is 0 Å². The minimum atomic E-state index is -0.0405. The predicted octanol–water partition coefficient (Wildman–Crippen LogP) is 4.56. The molecule has 0 radical (unpaired) electrons. The van der Waals surface area contributed by atoms with E-state index in [0.717, 1.165) is 40.6 Å². The average Bonchev–Trinajstić information content (AvgIpc) is 3.39. The molecule has 0 spiro atoms. The minimum absolute atomic E-state index is 0.0405. The maximum Gasteiger partial charge on any atom is 0.253 e. The number of fused-ring (bicyclic) bond motifs is 1. The number of H-pyrrole nitrogens is 1. The van der Waals surface area contributed by atoms with Gasteiger partial charge < -0.3 is 19.6 Å². The SMILES string of the molecule is Cc1cc(C)c2[nH]c(=O)c(CN(C(=S)NCc3ccco3)C3CCCC3)cc2c1. The van der Waals surface area contributed by atoms with Gasteiger partial charge in [0, 0.05) is 11.6 Å². The normalized spacial score (nSPS) is 14.4. The summed E-state index contributed by atoms with van der Waals surface area (Å²) in [7, 11) is 0. The zero-order valence-corrected chi connectivity index (χ0v) is 17.8. The molecule has 152 valence electrons. The summed E-state index contributed by atoms with van der Waals surface area (Å²) in [6.45, 7) is 5.16. The third-order valence-corrected chi connectivity index (χ3v) is 6.11. The molecular weight excluding hydrogens is 382 g/mol. The highest BCUT2D eigenvalue weighted by atomic mass is 32.1. The highest BCUT2D eigenvalue weighted by Crippen LogP contribution is 2.26. The lowest BCUT2D eigenvalue weighted by Gasteiger charge is -2.31. The Labute approximate surface area is 176 Å². The topological polar surface area (TPSA) is 61.3 Å². The third kappa shape index (κ3) is 4.37. The van der Waals surface area contributed by atoms with Crippen LogP contribution < -0.4 is 10.9 Å². The van der Waals surface area contributed by atoms with Crippen LogP contribution >= 0.6 is 12.2 Å². The highest BCUT2D eigenvalue weighted by Gasteiger charge is 2.25. The summed E-state index contributed by atoms with van der Waals surface area (Å²) in [5.74, 6) is 0.841. The second-order valence-electron chi connectivity index (χ2n) is 7.97.